The number of ether oxygens (including phenoxy) is 1. The summed E-state index contributed by atoms with van der Waals surface area (Å²) in [6, 6.07) is 0. The predicted molar refractivity (Wildman–Crippen MR) is 42.8 cm³/mol. The lowest BCUT2D eigenvalue weighted by molar-refractivity contribution is 0.101. The van der Waals surface area contributed by atoms with Gasteiger partial charge in [-0.1, -0.05) is 0 Å². The maximum Gasteiger partial charge on any atom is 0.123 e. The van der Waals surface area contributed by atoms with E-state index >= 15 is 0 Å². The zero-order valence-electron chi connectivity index (χ0n) is 5.42. The molecule has 0 aromatic heterocycles. The van der Waals surface area contributed by atoms with Gasteiger partial charge in [-0.3, -0.25) is 0 Å². The van der Waals surface area contributed by atoms with Crippen molar-refractivity contribution in [2.24, 2.45) is 0 Å². The Morgan fingerprint density at radius 1 is 1.67 bits per heavy atom. The molecule has 0 saturated carbocycles. The Hall–Kier alpha value is 0.660. The molecular weight excluding hydrogens is 152 g/mol. The zero-order valence-corrected chi connectivity index (χ0v) is 7.06. The van der Waals surface area contributed by atoms with E-state index in [2.05, 4.69) is 6.92 Å². The average molecular weight is 162 g/mol. The van der Waals surface area contributed by atoms with Crippen LogP contribution in [0, 0.1) is 0 Å². The molecule has 2 aliphatic heterocycles. The molecule has 0 aromatic carbocycles. The van der Waals surface area contributed by atoms with Gasteiger partial charge in [-0.2, -0.15) is 0 Å². The maximum absolute atomic E-state index is 5.61. The van der Waals surface area contributed by atoms with E-state index in [4.69, 9.17) is 4.74 Å². The second-order valence-electron chi connectivity index (χ2n) is 2.57. The van der Waals surface area contributed by atoms with Crippen LogP contribution in [0.4, 0.5) is 0 Å². The van der Waals surface area contributed by atoms with Crippen molar-refractivity contribution in [3.05, 3.63) is 0 Å². The molecule has 0 amide bonds. The molecule has 2 heterocycles. The summed E-state index contributed by atoms with van der Waals surface area (Å²) in [4.78, 5) is 0.185. The van der Waals surface area contributed by atoms with Gasteiger partial charge in [0, 0.05) is 16.9 Å². The summed E-state index contributed by atoms with van der Waals surface area (Å²) in [6.45, 7) is 3.19. The smallest absolute Gasteiger partial charge is 0.123 e. The minimum Gasteiger partial charge on any atom is -0.363 e. The van der Waals surface area contributed by atoms with Crippen LogP contribution in [0.25, 0.3) is 0 Å². The second-order valence-corrected chi connectivity index (χ2v) is 5.52. The summed E-state index contributed by atoms with van der Waals surface area (Å²) < 4.78 is 5.61. The minimum absolute atomic E-state index is 0.185. The Morgan fingerprint density at radius 3 is 3.33 bits per heavy atom. The van der Waals surface area contributed by atoms with Gasteiger partial charge in [-0.25, -0.2) is 0 Å². The predicted octanol–water partition coefficient (Wildman–Crippen LogP) is 1.93. The molecule has 2 unspecified atom stereocenters. The average Bonchev–Trinajstić information content (AvgIpc) is 2.22. The summed E-state index contributed by atoms with van der Waals surface area (Å²) in [5, 5.41) is 2.00. The maximum atomic E-state index is 5.61. The van der Waals surface area contributed by atoms with E-state index in [0.717, 1.165) is 11.9 Å². The highest BCUT2D eigenvalue weighted by Gasteiger charge is 2.45. The summed E-state index contributed by atoms with van der Waals surface area (Å²) in [5.74, 6) is 0. The molecule has 3 heteroatoms. The molecule has 0 bridgehead atoms. The molecule has 2 aliphatic rings. The van der Waals surface area contributed by atoms with Crippen LogP contribution in [0.3, 0.4) is 0 Å². The first-order valence-electron chi connectivity index (χ1n) is 3.21. The van der Waals surface area contributed by atoms with Crippen LogP contribution in [0.15, 0.2) is 0 Å². The van der Waals surface area contributed by atoms with Crippen molar-refractivity contribution < 1.29 is 4.74 Å². The quantitative estimate of drug-likeness (QED) is 0.538. The van der Waals surface area contributed by atoms with E-state index in [0.29, 0.717) is 0 Å². The minimum atomic E-state index is 0.185. The Kier molecular flexibility index (Phi) is 1.47. The van der Waals surface area contributed by atoms with Crippen molar-refractivity contribution >= 4 is 23.5 Å². The molecular formula is C6H10OS2. The first-order valence-corrected chi connectivity index (χ1v) is 5.24. The molecule has 2 atom stereocenters. The molecule has 0 aliphatic carbocycles. The van der Waals surface area contributed by atoms with Crippen molar-refractivity contribution in [1.82, 2.24) is 0 Å². The SMILES string of the molecule is CC12OCCC1SCS2. The zero-order chi connectivity index (χ0) is 6.32. The standard InChI is InChI=1S/C6H10OS2/c1-6-5(2-3-7-6)8-4-9-6/h5H,2-4H2,1H3. The van der Waals surface area contributed by atoms with Crippen LogP contribution in [-0.4, -0.2) is 21.9 Å². The van der Waals surface area contributed by atoms with Crippen LogP contribution in [0.2, 0.25) is 0 Å². The van der Waals surface area contributed by atoms with Crippen LogP contribution in [0.1, 0.15) is 13.3 Å². The van der Waals surface area contributed by atoms with Crippen molar-refractivity contribution in [3.8, 4) is 0 Å². The van der Waals surface area contributed by atoms with E-state index in [9.17, 15) is 0 Å². The first kappa shape index (κ1) is 6.38. The van der Waals surface area contributed by atoms with Gasteiger partial charge in [0.1, 0.15) is 4.93 Å². The molecule has 2 saturated heterocycles. The highest BCUT2D eigenvalue weighted by atomic mass is 32.2. The Bertz CT molecular complexity index is 116. The van der Waals surface area contributed by atoms with E-state index < -0.39 is 0 Å². The highest BCUT2D eigenvalue weighted by Crippen LogP contribution is 2.51. The molecule has 2 rings (SSSR count). The van der Waals surface area contributed by atoms with Crippen LogP contribution in [0.5, 0.6) is 0 Å². The lowest BCUT2D eigenvalue weighted by Gasteiger charge is -2.19. The van der Waals surface area contributed by atoms with E-state index in [1.165, 1.54) is 11.5 Å². The van der Waals surface area contributed by atoms with Crippen LogP contribution in [-0.2, 0) is 4.74 Å². The van der Waals surface area contributed by atoms with Gasteiger partial charge in [-0.15, -0.1) is 23.5 Å². The monoisotopic (exact) mass is 162 g/mol. The lowest BCUT2D eigenvalue weighted by atomic mass is 10.2. The van der Waals surface area contributed by atoms with Gasteiger partial charge >= 0.3 is 0 Å². The summed E-state index contributed by atoms with van der Waals surface area (Å²) in [6.07, 6.45) is 1.26. The largest absolute Gasteiger partial charge is 0.363 e. The first-order chi connectivity index (χ1) is 4.31. The van der Waals surface area contributed by atoms with Gasteiger partial charge in [0.05, 0.1) is 0 Å². The number of fused-ring (bicyclic) bond motifs is 1. The van der Waals surface area contributed by atoms with Gasteiger partial charge < -0.3 is 4.74 Å². The fourth-order valence-electron chi connectivity index (χ4n) is 1.33. The summed E-state index contributed by atoms with van der Waals surface area (Å²) >= 11 is 4.01. The number of hydrogen-bond donors (Lipinski definition) is 0. The molecule has 9 heavy (non-hydrogen) atoms. The van der Waals surface area contributed by atoms with E-state index in [-0.39, 0.29) is 4.93 Å². The fourth-order valence-corrected chi connectivity index (χ4v) is 4.70. The summed E-state index contributed by atoms with van der Waals surface area (Å²) in [5.41, 5.74) is 0. The van der Waals surface area contributed by atoms with Crippen molar-refractivity contribution in [2.75, 3.05) is 11.7 Å². The van der Waals surface area contributed by atoms with Crippen molar-refractivity contribution in [2.45, 2.75) is 23.5 Å². The number of thioether (sulfide) groups is 2. The van der Waals surface area contributed by atoms with Gasteiger partial charge in [-0.05, 0) is 13.3 Å². The second kappa shape index (κ2) is 2.07. The van der Waals surface area contributed by atoms with Gasteiger partial charge in [0.25, 0.3) is 0 Å². The van der Waals surface area contributed by atoms with Crippen molar-refractivity contribution in [3.63, 3.8) is 0 Å². The van der Waals surface area contributed by atoms with Crippen molar-refractivity contribution in [1.29, 1.82) is 0 Å². The van der Waals surface area contributed by atoms with E-state index in [1.54, 1.807) is 0 Å². The third-order valence-electron chi connectivity index (χ3n) is 1.97. The molecule has 0 spiro atoms. The normalized spacial score (nSPS) is 49.7. The topological polar surface area (TPSA) is 9.23 Å². The molecule has 0 N–H and O–H groups in total. The fraction of sp³-hybridized carbons (Fsp3) is 1.00. The molecule has 2 fully saturated rings. The van der Waals surface area contributed by atoms with Gasteiger partial charge in [0.15, 0.2) is 0 Å². The van der Waals surface area contributed by atoms with Gasteiger partial charge in [0.2, 0.25) is 0 Å². The molecule has 0 aromatic rings. The number of rotatable bonds is 0. The third kappa shape index (κ3) is 0.900. The molecule has 1 nitrogen and oxygen atoms in total. The number of hydrogen-bond acceptors (Lipinski definition) is 3. The molecule has 52 valence electrons. The van der Waals surface area contributed by atoms with Crippen LogP contribution < -0.4 is 0 Å². The summed E-state index contributed by atoms with van der Waals surface area (Å²) in [7, 11) is 0. The molecule has 0 radical (unpaired) electrons. The highest BCUT2D eigenvalue weighted by molar-refractivity contribution is 8.20. The Balaban J connectivity index is 2.17. The Labute approximate surface area is 63.9 Å². The lowest BCUT2D eigenvalue weighted by Crippen LogP contribution is -2.24. The Morgan fingerprint density at radius 2 is 2.56 bits per heavy atom. The third-order valence-corrected chi connectivity index (χ3v) is 5.20. The van der Waals surface area contributed by atoms with Crippen LogP contribution >= 0.6 is 23.5 Å². The van der Waals surface area contributed by atoms with E-state index in [1.807, 2.05) is 23.5 Å².